The molecule has 2 aromatic heterocycles. The first kappa shape index (κ1) is 13.5. The molecule has 0 aliphatic rings. The summed E-state index contributed by atoms with van der Waals surface area (Å²) >= 11 is 2.67. The molecule has 0 amide bonds. The van der Waals surface area contributed by atoms with Crippen molar-refractivity contribution >= 4 is 34.4 Å². The fourth-order valence-corrected chi connectivity index (χ4v) is 2.68. The molecule has 0 aromatic carbocycles. The van der Waals surface area contributed by atoms with Crippen LogP contribution in [0.25, 0.3) is 0 Å². The molecule has 2 aromatic rings. The minimum absolute atomic E-state index is 0.0298. The van der Waals surface area contributed by atoms with Crippen LogP contribution in [0.4, 0.5) is 0 Å². The Labute approximate surface area is 118 Å². The second kappa shape index (κ2) is 6.32. The van der Waals surface area contributed by atoms with Gasteiger partial charge < -0.3 is 4.74 Å². The van der Waals surface area contributed by atoms with E-state index < -0.39 is 0 Å². The fraction of sp³-hybridized carbons (Fsp3) is 0.143. The predicted molar refractivity (Wildman–Crippen MR) is 75.8 cm³/mol. The molecule has 5 heteroatoms. The third-order valence-electron chi connectivity index (χ3n) is 2.16. The van der Waals surface area contributed by atoms with Crippen molar-refractivity contribution in [2.75, 3.05) is 6.61 Å². The largest absolute Gasteiger partial charge is 0.448 e. The molecule has 0 atom stereocenters. The van der Waals surface area contributed by atoms with E-state index in [1.165, 1.54) is 29.6 Å². The average Bonchev–Trinajstić information content (AvgIpc) is 3.05. The third kappa shape index (κ3) is 3.78. The zero-order valence-electron chi connectivity index (χ0n) is 10.1. The van der Waals surface area contributed by atoms with Gasteiger partial charge in [-0.25, -0.2) is 4.79 Å². The van der Waals surface area contributed by atoms with Crippen molar-refractivity contribution in [1.29, 1.82) is 0 Å². The second-order valence-electron chi connectivity index (χ2n) is 3.58. The highest BCUT2D eigenvalue weighted by Crippen LogP contribution is 2.15. The number of Topliss-reactive ketones (excluding diaryl/α,β-unsaturated/α-hetero) is 1. The van der Waals surface area contributed by atoms with Crippen molar-refractivity contribution in [3.05, 3.63) is 44.3 Å². The summed E-state index contributed by atoms with van der Waals surface area (Å²) in [6, 6.07) is 7.03. The summed E-state index contributed by atoms with van der Waals surface area (Å²) in [5, 5.41) is 1.82. The van der Waals surface area contributed by atoms with E-state index >= 15 is 0 Å². The van der Waals surface area contributed by atoms with Crippen LogP contribution in [-0.4, -0.2) is 18.4 Å². The molecule has 0 N–H and O–H groups in total. The smallest absolute Gasteiger partial charge is 0.349 e. The van der Waals surface area contributed by atoms with Crippen LogP contribution in [-0.2, 0) is 4.74 Å². The molecule has 0 unspecified atom stereocenters. The summed E-state index contributed by atoms with van der Waals surface area (Å²) in [5.74, 6) is 5.29. The van der Waals surface area contributed by atoms with Crippen LogP contribution < -0.4 is 0 Å². The normalized spacial score (nSPS) is 9.53. The molecule has 0 saturated heterocycles. The lowest BCUT2D eigenvalue weighted by molar-refractivity contribution is 0.0562. The minimum Gasteiger partial charge on any atom is -0.448 e. The van der Waals surface area contributed by atoms with Crippen LogP contribution in [0.15, 0.2) is 29.6 Å². The van der Waals surface area contributed by atoms with E-state index in [2.05, 4.69) is 11.8 Å². The lowest BCUT2D eigenvalue weighted by Crippen LogP contribution is -2.02. The van der Waals surface area contributed by atoms with Crippen LogP contribution in [0, 0.1) is 11.8 Å². The van der Waals surface area contributed by atoms with Gasteiger partial charge in [0.25, 0.3) is 0 Å². The Kier molecular flexibility index (Phi) is 4.50. The highest BCUT2D eigenvalue weighted by Gasteiger charge is 2.06. The Balaban J connectivity index is 1.87. The van der Waals surface area contributed by atoms with Crippen molar-refractivity contribution in [3.63, 3.8) is 0 Å². The summed E-state index contributed by atoms with van der Waals surface area (Å²) in [6.45, 7) is 1.57. The predicted octanol–water partition coefficient (Wildman–Crippen LogP) is 3.22. The molecule has 0 saturated carbocycles. The zero-order valence-corrected chi connectivity index (χ0v) is 11.8. The number of ether oxygens (including phenoxy) is 1. The van der Waals surface area contributed by atoms with E-state index in [0.29, 0.717) is 9.75 Å². The van der Waals surface area contributed by atoms with Crippen LogP contribution in [0.1, 0.15) is 31.1 Å². The summed E-state index contributed by atoms with van der Waals surface area (Å²) in [5.41, 5.74) is 0. The first-order valence-electron chi connectivity index (χ1n) is 5.47. The lowest BCUT2D eigenvalue weighted by atomic mass is 10.3. The maximum atomic E-state index is 11.5. The molecule has 0 bridgehead atoms. The molecule has 2 rings (SSSR count). The number of rotatable bonds is 3. The Morgan fingerprint density at radius 2 is 2.11 bits per heavy atom. The quantitative estimate of drug-likeness (QED) is 0.495. The van der Waals surface area contributed by atoms with Crippen LogP contribution >= 0.6 is 22.7 Å². The van der Waals surface area contributed by atoms with Gasteiger partial charge in [-0.1, -0.05) is 17.9 Å². The van der Waals surface area contributed by atoms with Gasteiger partial charge in [0.05, 0.1) is 9.75 Å². The van der Waals surface area contributed by atoms with Crippen molar-refractivity contribution in [3.8, 4) is 11.8 Å². The van der Waals surface area contributed by atoms with E-state index in [4.69, 9.17) is 4.74 Å². The van der Waals surface area contributed by atoms with Gasteiger partial charge in [-0.3, -0.25) is 4.79 Å². The lowest BCUT2D eigenvalue weighted by Gasteiger charge is -1.95. The van der Waals surface area contributed by atoms with Crippen molar-refractivity contribution in [2.24, 2.45) is 0 Å². The van der Waals surface area contributed by atoms with Crippen LogP contribution in [0.5, 0.6) is 0 Å². The number of carbonyl (C=O) groups is 2. The number of thiophene rings is 2. The Hall–Kier alpha value is -1.90. The number of hydrogen-bond donors (Lipinski definition) is 0. The van der Waals surface area contributed by atoms with Gasteiger partial charge in [0.2, 0.25) is 0 Å². The Morgan fingerprint density at radius 1 is 1.26 bits per heavy atom. The topological polar surface area (TPSA) is 43.4 Å². The molecule has 2 heterocycles. The number of esters is 1. The first-order valence-corrected chi connectivity index (χ1v) is 7.16. The molecule has 19 heavy (non-hydrogen) atoms. The van der Waals surface area contributed by atoms with E-state index in [1.54, 1.807) is 24.3 Å². The number of carbonyl (C=O) groups excluding carboxylic acids is 2. The summed E-state index contributed by atoms with van der Waals surface area (Å²) < 4.78 is 5.00. The van der Waals surface area contributed by atoms with Gasteiger partial charge in [-0.05, 0) is 30.5 Å². The monoisotopic (exact) mass is 290 g/mol. The van der Waals surface area contributed by atoms with E-state index in [1.807, 2.05) is 5.38 Å². The Bertz CT molecular complexity index is 642. The second-order valence-corrected chi connectivity index (χ2v) is 5.61. The van der Waals surface area contributed by atoms with Crippen molar-refractivity contribution in [2.45, 2.75) is 6.92 Å². The first-order chi connectivity index (χ1) is 9.16. The standard InChI is InChI=1S/C14H10O3S2/c1-10(15)12-7-6-11(19-12)4-2-8-17-14(16)13-5-3-9-18-13/h3,5-7,9H,8H2,1H3. The van der Waals surface area contributed by atoms with Crippen molar-refractivity contribution < 1.29 is 14.3 Å². The van der Waals surface area contributed by atoms with Crippen LogP contribution in [0.3, 0.4) is 0 Å². The van der Waals surface area contributed by atoms with E-state index in [9.17, 15) is 9.59 Å². The molecular formula is C14H10O3S2. The molecule has 96 valence electrons. The Morgan fingerprint density at radius 3 is 2.74 bits per heavy atom. The van der Waals surface area contributed by atoms with Gasteiger partial charge >= 0.3 is 5.97 Å². The van der Waals surface area contributed by atoms with Gasteiger partial charge in [-0.2, -0.15) is 0 Å². The summed E-state index contributed by atoms with van der Waals surface area (Å²) in [7, 11) is 0. The van der Waals surface area contributed by atoms with E-state index in [-0.39, 0.29) is 18.4 Å². The summed E-state index contributed by atoms with van der Waals surface area (Å²) in [4.78, 5) is 24.6. The maximum absolute atomic E-state index is 11.5. The van der Waals surface area contributed by atoms with Gasteiger partial charge in [0.1, 0.15) is 4.88 Å². The van der Waals surface area contributed by atoms with Gasteiger partial charge in [0.15, 0.2) is 12.4 Å². The minimum atomic E-state index is -0.361. The molecule has 0 aliphatic carbocycles. The molecule has 3 nitrogen and oxygen atoms in total. The zero-order chi connectivity index (χ0) is 13.7. The number of hydrogen-bond acceptors (Lipinski definition) is 5. The van der Waals surface area contributed by atoms with Gasteiger partial charge in [0, 0.05) is 0 Å². The highest BCUT2D eigenvalue weighted by molar-refractivity contribution is 7.14. The van der Waals surface area contributed by atoms with Crippen LogP contribution in [0.2, 0.25) is 0 Å². The van der Waals surface area contributed by atoms with Crippen molar-refractivity contribution in [1.82, 2.24) is 0 Å². The van der Waals surface area contributed by atoms with E-state index in [0.717, 1.165) is 4.88 Å². The average molecular weight is 290 g/mol. The molecular weight excluding hydrogens is 280 g/mol. The maximum Gasteiger partial charge on any atom is 0.349 e. The summed E-state index contributed by atoms with van der Waals surface area (Å²) in [6.07, 6.45) is 0. The highest BCUT2D eigenvalue weighted by atomic mass is 32.1. The molecule has 0 fully saturated rings. The molecule has 0 aliphatic heterocycles. The molecule has 0 radical (unpaired) electrons. The fourth-order valence-electron chi connectivity index (χ4n) is 1.28. The third-order valence-corrected chi connectivity index (χ3v) is 4.11. The number of ketones is 1. The van der Waals surface area contributed by atoms with Gasteiger partial charge in [-0.15, -0.1) is 22.7 Å². The molecule has 0 spiro atoms. The SMILES string of the molecule is CC(=O)c1ccc(C#CCOC(=O)c2cccs2)s1.